The molecule has 1 rings (SSSR count). The fourth-order valence-electron chi connectivity index (χ4n) is 2.59. The zero-order valence-corrected chi connectivity index (χ0v) is 14.8. The monoisotopic (exact) mass is 328 g/mol. The van der Waals surface area contributed by atoms with Gasteiger partial charge >= 0.3 is 0 Å². The van der Waals surface area contributed by atoms with E-state index in [0.29, 0.717) is 0 Å². The van der Waals surface area contributed by atoms with E-state index in [9.17, 15) is 0 Å². The predicted octanol–water partition coefficient (Wildman–Crippen LogP) is 4.54. The van der Waals surface area contributed by atoms with Crippen LogP contribution in [0.1, 0.15) is 63.0 Å². The standard InChI is InChI=1S/C19H32O2.ClH/c1-2-3-4-5-6-7-8-17-9-11-18(12-10-17)13-14-19(15-20)16-21;/h9-12,19-21H,2-8,13-16H2,1H3;1H. The van der Waals surface area contributed by atoms with Gasteiger partial charge in [0.2, 0.25) is 0 Å². The Morgan fingerprint density at radius 1 is 0.773 bits per heavy atom. The average molecular weight is 329 g/mol. The first kappa shape index (κ1) is 21.4. The second kappa shape index (κ2) is 14.0. The Hall–Kier alpha value is -0.570. The summed E-state index contributed by atoms with van der Waals surface area (Å²) in [5.74, 6) is 0.0211. The fraction of sp³-hybridized carbons (Fsp3) is 0.684. The van der Waals surface area contributed by atoms with E-state index in [2.05, 4.69) is 31.2 Å². The van der Waals surface area contributed by atoms with Gasteiger partial charge in [-0.2, -0.15) is 0 Å². The molecule has 0 saturated heterocycles. The minimum Gasteiger partial charge on any atom is -0.396 e. The topological polar surface area (TPSA) is 40.5 Å². The van der Waals surface area contributed by atoms with Crippen molar-refractivity contribution in [1.82, 2.24) is 0 Å². The predicted molar refractivity (Wildman–Crippen MR) is 96.8 cm³/mol. The molecule has 0 aliphatic rings. The largest absolute Gasteiger partial charge is 0.396 e. The van der Waals surface area contributed by atoms with Crippen LogP contribution in [0.5, 0.6) is 0 Å². The van der Waals surface area contributed by atoms with E-state index in [0.717, 1.165) is 12.8 Å². The van der Waals surface area contributed by atoms with E-state index in [-0.39, 0.29) is 31.5 Å². The van der Waals surface area contributed by atoms with Crippen LogP contribution in [-0.4, -0.2) is 23.4 Å². The van der Waals surface area contributed by atoms with Crippen molar-refractivity contribution in [2.45, 2.75) is 64.7 Å². The lowest BCUT2D eigenvalue weighted by Gasteiger charge is -2.10. The molecule has 0 fully saturated rings. The lowest BCUT2D eigenvalue weighted by Crippen LogP contribution is -2.11. The van der Waals surface area contributed by atoms with Crippen LogP contribution in [0.3, 0.4) is 0 Å². The second-order valence-electron chi connectivity index (χ2n) is 6.10. The molecular formula is C19H33ClO2. The highest BCUT2D eigenvalue weighted by Gasteiger charge is 2.05. The third kappa shape index (κ3) is 9.45. The van der Waals surface area contributed by atoms with Gasteiger partial charge in [-0.1, -0.05) is 63.3 Å². The number of halogens is 1. The van der Waals surface area contributed by atoms with Gasteiger partial charge in [0.1, 0.15) is 0 Å². The maximum Gasteiger partial charge on any atom is 0.0481 e. The SMILES string of the molecule is CCCCCCCCc1ccc(CCC(CO)CO)cc1.Cl. The summed E-state index contributed by atoms with van der Waals surface area (Å²) in [5, 5.41) is 18.1. The van der Waals surface area contributed by atoms with Gasteiger partial charge in [-0.25, -0.2) is 0 Å². The van der Waals surface area contributed by atoms with E-state index in [1.807, 2.05) is 0 Å². The van der Waals surface area contributed by atoms with Gasteiger partial charge in [0.05, 0.1) is 0 Å². The second-order valence-corrected chi connectivity index (χ2v) is 6.10. The van der Waals surface area contributed by atoms with Crippen molar-refractivity contribution in [3.05, 3.63) is 35.4 Å². The van der Waals surface area contributed by atoms with Gasteiger partial charge in [0.15, 0.2) is 0 Å². The smallest absolute Gasteiger partial charge is 0.0481 e. The van der Waals surface area contributed by atoms with Crippen molar-refractivity contribution in [2.75, 3.05) is 13.2 Å². The van der Waals surface area contributed by atoms with Crippen molar-refractivity contribution in [3.8, 4) is 0 Å². The molecule has 0 aliphatic heterocycles. The third-order valence-electron chi connectivity index (χ3n) is 4.20. The summed E-state index contributed by atoms with van der Waals surface area (Å²) < 4.78 is 0. The lowest BCUT2D eigenvalue weighted by molar-refractivity contribution is 0.144. The molecule has 3 heteroatoms. The number of unbranched alkanes of at least 4 members (excludes halogenated alkanes) is 5. The molecule has 0 spiro atoms. The number of benzene rings is 1. The summed E-state index contributed by atoms with van der Waals surface area (Å²) in [6.45, 7) is 2.41. The van der Waals surface area contributed by atoms with Gasteiger partial charge in [-0.3, -0.25) is 0 Å². The number of hydrogen-bond donors (Lipinski definition) is 2. The molecule has 0 radical (unpaired) electrons. The normalized spacial score (nSPS) is 10.7. The van der Waals surface area contributed by atoms with Crippen molar-refractivity contribution in [3.63, 3.8) is 0 Å². The van der Waals surface area contributed by atoms with Crippen LogP contribution in [0, 0.1) is 5.92 Å². The highest BCUT2D eigenvalue weighted by Crippen LogP contribution is 2.13. The Morgan fingerprint density at radius 2 is 1.27 bits per heavy atom. The minimum atomic E-state index is 0. The quantitative estimate of drug-likeness (QED) is 0.553. The molecule has 2 nitrogen and oxygen atoms in total. The molecule has 0 amide bonds. The molecule has 0 aromatic heterocycles. The van der Waals surface area contributed by atoms with Crippen molar-refractivity contribution >= 4 is 12.4 Å². The number of hydrogen-bond acceptors (Lipinski definition) is 2. The Kier molecular flexibility index (Phi) is 13.7. The summed E-state index contributed by atoms with van der Waals surface area (Å²) in [5.41, 5.74) is 2.73. The van der Waals surface area contributed by atoms with Gasteiger partial charge in [-0.05, 0) is 36.8 Å². The zero-order valence-electron chi connectivity index (χ0n) is 14.0. The van der Waals surface area contributed by atoms with Gasteiger partial charge < -0.3 is 10.2 Å². The average Bonchev–Trinajstić information content (AvgIpc) is 2.53. The highest BCUT2D eigenvalue weighted by atomic mass is 35.5. The molecule has 0 heterocycles. The summed E-state index contributed by atoms with van der Waals surface area (Å²) in [6, 6.07) is 8.85. The molecule has 1 aromatic carbocycles. The van der Waals surface area contributed by atoms with E-state index >= 15 is 0 Å². The van der Waals surface area contributed by atoms with Crippen LogP contribution in [0.2, 0.25) is 0 Å². The van der Waals surface area contributed by atoms with E-state index in [1.165, 1.54) is 56.1 Å². The van der Waals surface area contributed by atoms with E-state index < -0.39 is 0 Å². The van der Waals surface area contributed by atoms with Crippen LogP contribution in [-0.2, 0) is 12.8 Å². The van der Waals surface area contributed by atoms with Crippen LogP contribution in [0.15, 0.2) is 24.3 Å². The molecular weight excluding hydrogens is 296 g/mol. The Bertz CT molecular complexity index is 347. The van der Waals surface area contributed by atoms with E-state index in [1.54, 1.807) is 0 Å². The Morgan fingerprint density at radius 3 is 1.82 bits per heavy atom. The number of aliphatic hydroxyl groups excluding tert-OH is 2. The van der Waals surface area contributed by atoms with Gasteiger partial charge in [-0.15, -0.1) is 12.4 Å². The summed E-state index contributed by atoms with van der Waals surface area (Å²) in [6.07, 6.45) is 11.0. The highest BCUT2D eigenvalue weighted by molar-refractivity contribution is 5.85. The first-order chi connectivity index (χ1) is 10.3. The zero-order chi connectivity index (χ0) is 15.3. The molecule has 22 heavy (non-hydrogen) atoms. The first-order valence-electron chi connectivity index (χ1n) is 8.59. The molecule has 128 valence electrons. The molecule has 0 aliphatic carbocycles. The number of rotatable bonds is 12. The van der Waals surface area contributed by atoms with Crippen molar-refractivity contribution in [1.29, 1.82) is 0 Å². The van der Waals surface area contributed by atoms with Crippen LogP contribution >= 0.6 is 12.4 Å². The van der Waals surface area contributed by atoms with Crippen LogP contribution in [0.4, 0.5) is 0 Å². The Labute approximate surface area is 142 Å². The van der Waals surface area contributed by atoms with Crippen LogP contribution < -0.4 is 0 Å². The van der Waals surface area contributed by atoms with E-state index in [4.69, 9.17) is 10.2 Å². The Balaban J connectivity index is 0.00000441. The van der Waals surface area contributed by atoms with Gasteiger partial charge in [0.25, 0.3) is 0 Å². The molecule has 0 saturated carbocycles. The molecule has 0 atom stereocenters. The third-order valence-corrected chi connectivity index (χ3v) is 4.20. The maximum absolute atomic E-state index is 9.06. The summed E-state index contributed by atoms with van der Waals surface area (Å²) >= 11 is 0. The molecule has 2 N–H and O–H groups in total. The number of aryl methyl sites for hydroxylation is 2. The first-order valence-corrected chi connectivity index (χ1v) is 8.59. The lowest BCUT2D eigenvalue weighted by atomic mass is 9.99. The molecule has 1 aromatic rings. The molecule has 0 unspecified atom stereocenters. The minimum absolute atomic E-state index is 0. The summed E-state index contributed by atoms with van der Waals surface area (Å²) in [7, 11) is 0. The van der Waals surface area contributed by atoms with Gasteiger partial charge in [0, 0.05) is 19.1 Å². The van der Waals surface area contributed by atoms with Crippen molar-refractivity contribution in [2.24, 2.45) is 5.92 Å². The number of aliphatic hydroxyl groups is 2. The molecule has 0 bridgehead atoms. The maximum atomic E-state index is 9.06. The van der Waals surface area contributed by atoms with Crippen molar-refractivity contribution < 1.29 is 10.2 Å². The summed E-state index contributed by atoms with van der Waals surface area (Å²) in [4.78, 5) is 0. The fourth-order valence-corrected chi connectivity index (χ4v) is 2.59. The van der Waals surface area contributed by atoms with Crippen LogP contribution in [0.25, 0.3) is 0 Å².